The SMILES string of the molecule is COc1c(Cl)cc(Cl)cc1/C(O)=C1\C(=O)C(=O)N(Cc2cccs2)C1c1ccc(O)cc1. The molecular formula is C23H17Cl2NO5S. The highest BCUT2D eigenvalue weighted by atomic mass is 35.5. The first-order valence-electron chi connectivity index (χ1n) is 9.45. The van der Waals surface area contributed by atoms with Crippen LogP contribution in [0.5, 0.6) is 11.5 Å². The number of methoxy groups -OCH3 is 1. The summed E-state index contributed by atoms with van der Waals surface area (Å²) in [4.78, 5) is 28.4. The van der Waals surface area contributed by atoms with E-state index in [1.165, 1.54) is 47.6 Å². The molecule has 1 fully saturated rings. The number of thiophene rings is 1. The molecule has 1 unspecified atom stereocenters. The minimum atomic E-state index is -0.889. The molecule has 0 saturated carbocycles. The van der Waals surface area contributed by atoms with E-state index in [2.05, 4.69) is 0 Å². The predicted molar refractivity (Wildman–Crippen MR) is 123 cm³/mol. The van der Waals surface area contributed by atoms with Gasteiger partial charge in [-0.05, 0) is 41.3 Å². The van der Waals surface area contributed by atoms with Crippen LogP contribution in [-0.2, 0) is 16.1 Å². The van der Waals surface area contributed by atoms with Crippen molar-refractivity contribution in [2.24, 2.45) is 0 Å². The van der Waals surface area contributed by atoms with Crippen LogP contribution in [0.1, 0.15) is 22.0 Å². The molecule has 0 bridgehead atoms. The molecule has 4 rings (SSSR count). The lowest BCUT2D eigenvalue weighted by Crippen LogP contribution is -2.28. The maximum absolute atomic E-state index is 13.1. The summed E-state index contributed by atoms with van der Waals surface area (Å²) in [5.41, 5.74) is 0.531. The molecule has 2 N–H and O–H groups in total. The van der Waals surface area contributed by atoms with Crippen LogP contribution in [0.25, 0.3) is 5.76 Å². The summed E-state index contributed by atoms with van der Waals surface area (Å²) in [6, 6.07) is 11.8. The van der Waals surface area contributed by atoms with Gasteiger partial charge in [-0.2, -0.15) is 0 Å². The Kier molecular flexibility index (Phi) is 6.15. The van der Waals surface area contributed by atoms with Gasteiger partial charge in [0.05, 0.1) is 35.9 Å². The van der Waals surface area contributed by atoms with E-state index in [0.29, 0.717) is 5.56 Å². The van der Waals surface area contributed by atoms with E-state index in [1.54, 1.807) is 12.1 Å². The number of ether oxygens (including phenoxy) is 1. The Bertz CT molecular complexity index is 1220. The molecule has 1 amide bonds. The second kappa shape index (κ2) is 8.86. The molecule has 1 aromatic heterocycles. The Morgan fingerprint density at radius 1 is 1.16 bits per heavy atom. The smallest absolute Gasteiger partial charge is 0.295 e. The number of nitrogens with zero attached hydrogens (tertiary/aromatic N) is 1. The summed E-state index contributed by atoms with van der Waals surface area (Å²) >= 11 is 13.8. The van der Waals surface area contributed by atoms with Gasteiger partial charge in [0.25, 0.3) is 11.7 Å². The number of aliphatic hydroxyl groups excluding tert-OH is 1. The van der Waals surface area contributed by atoms with E-state index in [9.17, 15) is 19.8 Å². The predicted octanol–water partition coefficient (Wildman–Crippen LogP) is 5.39. The molecule has 32 heavy (non-hydrogen) atoms. The zero-order chi connectivity index (χ0) is 23.0. The molecule has 9 heteroatoms. The molecule has 164 valence electrons. The van der Waals surface area contributed by atoms with Gasteiger partial charge in [-0.15, -0.1) is 11.3 Å². The van der Waals surface area contributed by atoms with Gasteiger partial charge in [0.2, 0.25) is 0 Å². The largest absolute Gasteiger partial charge is 0.508 e. The van der Waals surface area contributed by atoms with Crippen LogP contribution in [0.15, 0.2) is 59.5 Å². The molecule has 1 aliphatic heterocycles. The summed E-state index contributed by atoms with van der Waals surface area (Å²) in [5, 5.41) is 23.2. The van der Waals surface area contributed by atoms with Crippen LogP contribution in [-0.4, -0.2) is 33.9 Å². The molecule has 2 heterocycles. The maximum Gasteiger partial charge on any atom is 0.295 e. The number of aromatic hydroxyl groups is 1. The van der Waals surface area contributed by atoms with E-state index < -0.39 is 23.5 Å². The average molecular weight is 490 g/mol. The molecule has 3 aromatic rings. The summed E-state index contributed by atoms with van der Waals surface area (Å²) < 4.78 is 5.32. The normalized spacial score (nSPS) is 17.7. The number of hydrogen-bond acceptors (Lipinski definition) is 6. The second-order valence-corrected chi connectivity index (χ2v) is 8.94. The summed E-state index contributed by atoms with van der Waals surface area (Å²) in [6.45, 7) is 0.179. The minimum absolute atomic E-state index is 0.0345. The Morgan fingerprint density at radius 2 is 1.88 bits per heavy atom. The number of rotatable bonds is 5. The lowest BCUT2D eigenvalue weighted by Gasteiger charge is -2.25. The Balaban J connectivity index is 1.93. The van der Waals surface area contributed by atoms with E-state index in [0.717, 1.165) is 4.88 Å². The van der Waals surface area contributed by atoms with Gasteiger partial charge >= 0.3 is 0 Å². The Hall–Kier alpha value is -3.00. The molecular weight excluding hydrogens is 473 g/mol. The molecule has 0 spiro atoms. The van der Waals surface area contributed by atoms with Crippen molar-refractivity contribution in [1.29, 1.82) is 0 Å². The number of ketones is 1. The second-order valence-electron chi connectivity index (χ2n) is 7.07. The van der Waals surface area contributed by atoms with Gasteiger partial charge in [0.15, 0.2) is 0 Å². The van der Waals surface area contributed by atoms with E-state index in [-0.39, 0.29) is 39.2 Å². The molecule has 0 radical (unpaired) electrons. The third-order valence-electron chi connectivity index (χ3n) is 5.12. The fourth-order valence-corrected chi connectivity index (χ4v) is 4.98. The monoisotopic (exact) mass is 489 g/mol. The van der Waals surface area contributed by atoms with Crippen molar-refractivity contribution in [2.75, 3.05) is 7.11 Å². The van der Waals surface area contributed by atoms with Crippen molar-refractivity contribution in [3.05, 3.63) is 85.5 Å². The summed E-state index contributed by atoms with van der Waals surface area (Å²) in [5.74, 6) is -1.87. The molecule has 6 nitrogen and oxygen atoms in total. The first kappa shape index (κ1) is 22.2. The lowest BCUT2D eigenvalue weighted by molar-refractivity contribution is -0.140. The molecule has 1 aliphatic rings. The number of carbonyl (C=O) groups is 2. The van der Waals surface area contributed by atoms with Crippen LogP contribution < -0.4 is 4.74 Å². The van der Waals surface area contributed by atoms with Crippen LogP contribution in [0.3, 0.4) is 0 Å². The topological polar surface area (TPSA) is 87.1 Å². The quantitative estimate of drug-likeness (QED) is 0.285. The first-order valence-corrected chi connectivity index (χ1v) is 11.1. The highest BCUT2D eigenvalue weighted by Crippen LogP contribution is 2.44. The zero-order valence-corrected chi connectivity index (χ0v) is 19.0. The number of benzene rings is 2. The number of hydrogen-bond donors (Lipinski definition) is 2. The van der Waals surface area contributed by atoms with Crippen molar-refractivity contribution in [3.63, 3.8) is 0 Å². The Morgan fingerprint density at radius 3 is 2.50 bits per heavy atom. The summed E-state index contributed by atoms with van der Waals surface area (Å²) in [7, 11) is 1.37. The highest BCUT2D eigenvalue weighted by Gasteiger charge is 2.46. The Labute approximate surface area is 197 Å². The molecule has 1 atom stereocenters. The van der Waals surface area contributed by atoms with Gasteiger partial charge in [-0.1, -0.05) is 41.4 Å². The van der Waals surface area contributed by atoms with Crippen LogP contribution in [0.2, 0.25) is 10.0 Å². The van der Waals surface area contributed by atoms with Crippen molar-refractivity contribution in [3.8, 4) is 11.5 Å². The first-order chi connectivity index (χ1) is 15.3. The van der Waals surface area contributed by atoms with Crippen molar-refractivity contribution in [1.82, 2.24) is 4.90 Å². The minimum Gasteiger partial charge on any atom is -0.508 e. The van der Waals surface area contributed by atoms with Crippen molar-refractivity contribution in [2.45, 2.75) is 12.6 Å². The van der Waals surface area contributed by atoms with E-state index >= 15 is 0 Å². The van der Waals surface area contributed by atoms with E-state index in [1.807, 2.05) is 17.5 Å². The van der Waals surface area contributed by atoms with Gasteiger partial charge < -0.3 is 19.8 Å². The number of aliphatic hydroxyl groups is 1. The molecule has 0 aliphatic carbocycles. The van der Waals surface area contributed by atoms with Crippen LogP contribution in [0.4, 0.5) is 0 Å². The molecule has 1 saturated heterocycles. The van der Waals surface area contributed by atoms with Crippen LogP contribution >= 0.6 is 34.5 Å². The molecule has 2 aromatic carbocycles. The van der Waals surface area contributed by atoms with Crippen LogP contribution in [0, 0.1) is 0 Å². The van der Waals surface area contributed by atoms with Gasteiger partial charge in [0, 0.05) is 9.90 Å². The standard InChI is InChI=1S/C23H17Cl2NO5S/c1-31-22-16(9-13(24)10-17(22)25)20(28)18-19(12-4-6-14(27)7-5-12)26(23(30)21(18)29)11-15-3-2-8-32-15/h2-10,19,27-28H,11H2,1H3/b20-18+. The fourth-order valence-electron chi connectivity index (χ4n) is 3.71. The third kappa shape index (κ3) is 3.95. The summed E-state index contributed by atoms with van der Waals surface area (Å²) in [6.07, 6.45) is 0. The van der Waals surface area contributed by atoms with E-state index in [4.69, 9.17) is 27.9 Å². The number of carbonyl (C=O) groups excluding carboxylic acids is 2. The number of likely N-dealkylation sites (tertiary alicyclic amines) is 1. The van der Waals surface area contributed by atoms with Gasteiger partial charge in [-0.25, -0.2) is 0 Å². The number of halogens is 2. The number of phenolic OH excluding ortho intramolecular Hbond substituents is 1. The highest BCUT2D eigenvalue weighted by molar-refractivity contribution is 7.09. The van der Waals surface area contributed by atoms with Gasteiger partial charge in [0.1, 0.15) is 17.3 Å². The van der Waals surface area contributed by atoms with Crippen molar-refractivity contribution < 1.29 is 24.5 Å². The lowest BCUT2D eigenvalue weighted by atomic mass is 9.95. The third-order valence-corrected chi connectivity index (χ3v) is 6.48. The average Bonchev–Trinajstić information content (AvgIpc) is 3.36. The maximum atomic E-state index is 13.1. The zero-order valence-electron chi connectivity index (χ0n) is 16.7. The number of Topliss-reactive ketones (excluding diaryl/α,β-unsaturated/α-hetero) is 1. The fraction of sp³-hybridized carbons (Fsp3) is 0.130. The number of phenols is 1. The van der Waals surface area contributed by atoms with Gasteiger partial charge in [-0.3, -0.25) is 9.59 Å². The number of amides is 1. The van der Waals surface area contributed by atoms with Crippen molar-refractivity contribution >= 4 is 52.0 Å².